The van der Waals surface area contributed by atoms with E-state index in [1.165, 1.54) is 18.2 Å². The molecule has 10 nitrogen and oxygen atoms in total. The molecule has 2 aliphatic heterocycles. The van der Waals surface area contributed by atoms with Gasteiger partial charge < -0.3 is 44.5 Å². The molecule has 1 aromatic heterocycles. The summed E-state index contributed by atoms with van der Waals surface area (Å²) in [6.07, 6.45) is -10.9. The lowest BCUT2D eigenvalue weighted by molar-refractivity contribution is -0.190. The first-order valence-electron chi connectivity index (χ1n) is 11.2. The quantitative estimate of drug-likeness (QED) is 0.291. The van der Waals surface area contributed by atoms with Crippen molar-refractivity contribution in [3.05, 3.63) is 69.9 Å². The maximum atomic E-state index is 13.2. The summed E-state index contributed by atoms with van der Waals surface area (Å²) in [7, 11) is 0. The van der Waals surface area contributed by atoms with Crippen LogP contribution in [0.15, 0.2) is 57.7 Å². The summed E-state index contributed by atoms with van der Waals surface area (Å²) in [4.78, 5) is 13.2. The zero-order chi connectivity index (χ0) is 24.9. The number of benzene rings is 2. The Labute approximate surface area is 199 Å². The molecule has 2 unspecified atom stereocenters. The maximum absolute atomic E-state index is 13.2. The average molecular weight is 486 g/mol. The number of hydrogen-bond acceptors (Lipinski definition) is 10. The number of aliphatic hydroxyl groups is 6. The summed E-state index contributed by atoms with van der Waals surface area (Å²) in [5, 5.41) is 61.5. The van der Waals surface area contributed by atoms with Crippen LogP contribution in [0.3, 0.4) is 0 Å². The standard InChI is InChI=1S/C25H26O10/c26-15-8-18(11-4-2-1-3-5-11)35-24-13(15)6-12(23-21(31)19(29)16(27)9-33-23)7-14(24)25-22(32)20(30)17(28)10-34-25/h1-8,16-17,19-23,25,27-32H,9-10H2/t16-,17-,19+,20+,21-,22-,23?,25?/m1/s1. The van der Waals surface area contributed by atoms with E-state index in [4.69, 9.17) is 13.9 Å². The smallest absolute Gasteiger partial charge is 0.193 e. The molecule has 5 rings (SSSR count). The van der Waals surface area contributed by atoms with Crippen molar-refractivity contribution in [3.8, 4) is 11.3 Å². The van der Waals surface area contributed by atoms with Crippen molar-refractivity contribution in [1.82, 2.24) is 0 Å². The normalized spacial score (nSPS) is 33.7. The fraction of sp³-hybridized carbons (Fsp3) is 0.400. The minimum atomic E-state index is -1.55. The summed E-state index contributed by atoms with van der Waals surface area (Å²) < 4.78 is 17.3. The molecule has 3 heterocycles. The van der Waals surface area contributed by atoms with Crippen LogP contribution in [0.1, 0.15) is 23.3 Å². The van der Waals surface area contributed by atoms with Crippen molar-refractivity contribution < 1.29 is 44.5 Å². The average Bonchev–Trinajstić information content (AvgIpc) is 2.86. The van der Waals surface area contributed by atoms with E-state index in [-0.39, 0.29) is 41.1 Å². The molecular formula is C25H26O10. The van der Waals surface area contributed by atoms with Gasteiger partial charge >= 0.3 is 0 Å². The van der Waals surface area contributed by atoms with Crippen molar-refractivity contribution in [3.63, 3.8) is 0 Å². The van der Waals surface area contributed by atoms with Crippen LogP contribution in [0.5, 0.6) is 0 Å². The molecule has 0 bridgehead atoms. The Morgan fingerprint density at radius 1 is 0.714 bits per heavy atom. The molecule has 2 saturated heterocycles. The van der Waals surface area contributed by atoms with Crippen molar-refractivity contribution >= 4 is 11.0 Å². The zero-order valence-electron chi connectivity index (χ0n) is 18.5. The number of ether oxygens (including phenoxy) is 2. The lowest BCUT2D eigenvalue weighted by Gasteiger charge is -2.37. The second kappa shape index (κ2) is 9.41. The van der Waals surface area contributed by atoms with Crippen LogP contribution < -0.4 is 5.43 Å². The predicted molar refractivity (Wildman–Crippen MR) is 121 cm³/mol. The summed E-state index contributed by atoms with van der Waals surface area (Å²) in [5.74, 6) is 0.274. The Kier molecular flexibility index (Phi) is 6.47. The third kappa shape index (κ3) is 4.28. The monoisotopic (exact) mass is 486 g/mol. The van der Waals surface area contributed by atoms with Crippen LogP contribution in [-0.4, -0.2) is 80.5 Å². The van der Waals surface area contributed by atoms with E-state index in [9.17, 15) is 35.4 Å². The van der Waals surface area contributed by atoms with Crippen LogP contribution in [0.4, 0.5) is 0 Å². The molecule has 8 atom stereocenters. The van der Waals surface area contributed by atoms with Gasteiger partial charge in [-0.25, -0.2) is 0 Å². The Balaban J connectivity index is 1.70. The van der Waals surface area contributed by atoms with Gasteiger partial charge in [0.25, 0.3) is 0 Å². The fourth-order valence-electron chi connectivity index (χ4n) is 4.61. The van der Waals surface area contributed by atoms with Gasteiger partial charge in [-0.05, 0) is 17.7 Å². The minimum Gasteiger partial charge on any atom is -0.455 e. The summed E-state index contributed by atoms with van der Waals surface area (Å²) in [5.41, 5.74) is 0.804. The van der Waals surface area contributed by atoms with E-state index in [2.05, 4.69) is 0 Å². The van der Waals surface area contributed by atoms with Crippen LogP contribution in [0, 0.1) is 0 Å². The summed E-state index contributed by atoms with van der Waals surface area (Å²) in [6.45, 7) is -0.518. The number of fused-ring (bicyclic) bond motifs is 1. The molecule has 0 radical (unpaired) electrons. The Morgan fingerprint density at radius 3 is 1.97 bits per heavy atom. The molecule has 0 aliphatic carbocycles. The van der Waals surface area contributed by atoms with Gasteiger partial charge in [-0.2, -0.15) is 0 Å². The SMILES string of the molecule is O=c1cc(-c2ccccc2)oc2c(C3OC[C@@H](O)[C@H](O)[C@H]3O)cc(C3OC[C@@H](O)[C@H](O)[C@H]3O)cc12. The van der Waals surface area contributed by atoms with Crippen LogP contribution >= 0.6 is 0 Å². The lowest BCUT2D eigenvalue weighted by atomic mass is 9.88. The third-order valence-electron chi connectivity index (χ3n) is 6.57. The molecule has 0 saturated carbocycles. The number of hydrogen-bond donors (Lipinski definition) is 6. The molecule has 3 aromatic rings. The minimum absolute atomic E-state index is 0.0959. The largest absolute Gasteiger partial charge is 0.455 e. The van der Waals surface area contributed by atoms with Crippen LogP contribution in [0.25, 0.3) is 22.3 Å². The molecule has 10 heteroatoms. The van der Waals surface area contributed by atoms with Crippen molar-refractivity contribution in [2.45, 2.75) is 48.8 Å². The van der Waals surface area contributed by atoms with E-state index in [1.54, 1.807) is 24.3 Å². The van der Waals surface area contributed by atoms with Crippen molar-refractivity contribution in [1.29, 1.82) is 0 Å². The zero-order valence-corrected chi connectivity index (χ0v) is 18.5. The highest BCUT2D eigenvalue weighted by molar-refractivity contribution is 5.83. The first-order chi connectivity index (χ1) is 16.8. The van der Waals surface area contributed by atoms with Crippen LogP contribution in [0.2, 0.25) is 0 Å². The topological polar surface area (TPSA) is 170 Å². The van der Waals surface area contributed by atoms with Gasteiger partial charge in [0, 0.05) is 17.2 Å². The molecule has 2 fully saturated rings. The van der Waals surface area contributed by atoms with E-state index in [0.29, 0.717) is 5.56 Å². The van der Waals surface area contributed by atoms with E-state index < -0.39 is 54.3 Å². The van der Waals surface area contributed by atoms with E-state index in [1.807, 2.05) is 6.07 Å². The first-order valence-corrected chi connectivity index (χ1v) is 11.2. The second-order valence-corrected chi connectivity index (χ2v) is 8.93. The van der Waals surface area contributed by atoms with Crippen LogP contribution in [-0.2, 0) is 9.47 Å². The highest BCUT2D eigenvalue weighted by Crippen LogP contribution is 2.38. The Hall–Kier alpha value is -2.67. The number of rotatable bonds is 3. The van der Waals surface area contributed by atoms with Gasteiger partial charge in [0.1, 0.15) is 60.2 Å². The molecule has 2 aliphatic rings. The van der Waals surface area contributed by atoms with Crippen molar-refractivity contribution in [2.24, 2.45) is 0 Å². The fourth-order valence-corrected chi connectivity index (χ4v) is 4.61. The maximum Gasteiger partial charge on any atom is 0.193 e. The molecule has 35 heavy (non-hydrogen) atoms. The number of aliphatic hydroxyl groups excluding tert-OH is 6. The third-order valence-corrected chi connectivity index (χ3v) is 6.57. The van der Waals surface area contributed by atoms with Gasteiger partial charge in [0.05, 0.1) is 18.6 Å². The van der Waals surface area contributed by atoms with E-state index >= 15 is 0 Å². The molecule has 186 valence electrons. The summed E-state index contributed by atoms with van der Waals surface area (Å²) in [6, 6.07) is 13.2. The van der Waals surface area contributed by atoms with Gasteiger partial charge in [-0.1, -0.05) is 30.3 Å². The lowest BCUT2D eigenvalue weighted by Crippen LogP contribution is -2.49. The molecule has 0 spiro atoms. The molecule has 6 N–H and O–H groups in total. The second-order valence-electron chi connectivity index (χ2n) is 8.93. The van der Waals surface area contributed by atoms with Gasteiger partial charge in [-0.15, -0.1) is 0 Å². The predicted octanol–water partition coefficient (Wildman–Crippen LogP) is -0.232. The van der Waals surface area contributed by atoms with Gasteiger partial charge in [0.15, 0.2) is 5.43 Å². The molecule has 0 amide bonds. The van der Waals surface area contributed by atoms with Gasteiger partial charge in [-0.3, -0.25) is 4.79 Å². The highest BCUT2D eigenvalue weighted by Gasteiger charge is 2.42. The molecule has 2 aromatic carbocycles. The highest BCUT2D eigenvalue weighted by atomic mass is 16.5. The first kappa shape index (κ1) is 24.0. The van der Waals surface area contributed by atoms with Gasteiger partial charge in [0.2, 0.25) is 0 Å². The Morgan fingerprint density at radius 2 is 1.31 bits per heavy atom. The molecular weight excluding hydrogens is 460 g/mol. The van der Waals surface area contributed by atoms with E-state index in [0.717, 1.165) is 0 Å². The Bertz CT molecular complexity index is 1260. The summed E-state index contributed by atoms with van der Waals surface area (Å²) >= 11 is 0. The van der Waals surface area contributed by atoms with Crippen molar-refractivity contribution in [2.75, 3.05) is 13.2 Å².